The molecule has 0 saturated carbocycles. The van der Waals surface area contributed by atoms with Crippen molar-refractivity contribution in [3.8, 4) is 5.75 Å². The zero-order valence-corrected chi connectivity index (χ0v) is 12.2. The molecule has 0 radical (unpaired) electrons. The minimum atomic E-state index is -0.0867. The van der Waals surface area contributed by atoms with Gasteiger partial charge < -0.3 is 9.64 Å². The Morgan fingerprint density at radius 2 is 2.17 bits per heavy atom. The van der Waals surface area contributed by atoms with Crippen LogP contribution in [0.4, 0.5) is 0 Å². The van der Waals surface area contributed by atoms with Gasteiger partial charge in [-0.3, -0.25) is 9.59 Å². The average molecular weight is 314 g/mol. The van der Waals surface area contributed by atoms with Crippen LogP contribution in [0.15, 0.2) is 22.7 Å². The third kappa shape index (κ3) is 3.84. The molecule has 4 nitrogen and oxygen atoms in total. The van der Waals surface area contributed by atoms with Gasteiger partial charge in [0.15, 0.2) is 6.61 Å². The SMILES string of the molecule is CC(C)N(C)C(=O)COc1ccc(C=O)cc1Br. The zero-order chi connectivity index (χ0) is 13.7. The van der Waals surface area contributed by atoms with Gasteiger partial charge in [-0.15, -0.1) is 0 Å². The van der Waals surface area contributed by atoms with E-state index in [4.69, 9.17) is 4.74 Å². The van der Waals surface area contributed by atoms with E-state index >= 15 is 0 Å². The minimum absolute atomic E-state index is 0.0201. The smallest absolute Gasteiger partial charge is 0.260 e. The highest BCUT2D eigenvalue weighted by Gasteiger charge is 2.13. The maximum Gasteiger partial charge on any atom is 0.260 e. The number of carbonyl (C=O) groups is 2. The molecule has 0 fully saturated rings. The van der Waals surface area contributed by atoms with Gasteiger partial charge in [0.1, 0.15) is 12.0 Å². The van der Waals surface area contributed by atoms with E-state index in [2.05, 4.69) is 15.9 Å². The number of amides is 1. The molecule has 0 bridgehead atoms. The lowest BCUT2D eigenvalue weighted by Gasteiger charge is -2.21. The predicted molar refractivity (Wildman–Crippen MR) is 72.9 cm³/mol. The van der Waals surface area contributed by atoms with E-state index in [1.54, 1.807) is 30.1 Å². The summed E-state index contributed by atoms with van der Waals surface area (Å²) in [7, 11) is 1.74. The molecule has 1 amide bonds. The molecule has 0 atom stereocenters. The first kappa shape index (κ1) is 14.7. The lowest BCUT2D eigenvalue weighted by atomic mass is 10.2. The molecule has 0 aliphatic carbocycles. The Balaban J connectivity index is 2.64. The first-order valence-electron chi connectivity index (χ1n) is 5.59. The molecule has 0 unspecified atom stereocenters. The quantitative estimate of drug-likeness (QED) is 0.785. The topological polar surface area (TPSA) is 46.6 Å². The Morgan fingerprint density at radius 1 is 1.50 bits per heavy atom. The van der Waals surface area contributed by atoms with Gasteiger partial charge in [0.2, 0.25) is 0 Å². The molecule has 5 heteroatoms. The number of benzene rings is 1. The number of hydrogen-bond donors (Lipinski definition) is 0. The maximum atomic E-state index is 11.7. The fourth-order valence-electron chi connectivity index (χ4n) is 1.24. The van der Waals surface area contributed by atoms with E-state index in [1.165, 1.54) is 0 Å². The fourth-order valence-corrected chi connectivity index (χ4v) is 1.75. The van der Waals surface area contributed by atoms with E-state index in [1.807, 2.05) is 13.8 Å². The lowest BCUT2D eigenvalue weighted by molar-refractivity contribution is -0.133. The summed E-state index contributed by atoms with van der Waals surface area (Å²) in [6, 6.07) is 5.10. The Morgan fingerprint density at radius 3 is 2.67 bits per heavy atom. The molecular weight excluding hydrogens is 298 g/mol. The van der Waals surface area contributed by atoms with Gasteiger partial charge in [-0.05, 0) is 48.0 Å². The summed E-state index contributed by atoms with van der Waals surface area (Å²) in [4.78, 5) is 23.9. The van der Waals surface area contributed by atoms with Crippen LogP contribution in [0, 0.1) is 0 Å². The van der Waals surface area contributed by atoms with Gasteiger partial charge in [-0.25, -0.2) is 0 Å². The molecular formula is C13H16BrNO3. The molecule has 98 valence electrons. The van der Waals surface area contributed by atoms with E-state index in [9.17, 15) is 9.59 Å². The third-order valence-electron chi connectivity index (χ3n) is 2.61. The zero-order valence-electron chi connectivity index (χ0n) is 10.6. The van der Waals surface area contributed by atoms with Gasteiger partial charge in [0.05, 0.1) is 4.47 Å². The van der Waals surface area contributed by atoms with Crippen molar-refractivity contribution in [2.45, 2.75) is 19.9 Å². The van der Waals surface area contributed by atoms with E-state index in [-0.39, 0.29) is 18.6 Å². The molecule has 0 spiro atoms. The van der Waals surface area contributed by atoms with Crippen LogP contribution in [-0.2, 0) is 4.79 Å². The number of halogens is 1. The van der Waals surface area contributed by atoms with Crippen LogP contribution in [-0.4, -0.2) is 36.8 Å². The largest absolute Gasteiger partial charge is 0.483 e. The molecule has 1 aromatic carbocycles. The van der Waals surface area contributed by atoms with Crippen molar-refractivity contribution >= 4 is 28.1 Å². The second-order valence-electron chi connectivity index (χ2n) is 4.19. The van der Waals surface area contributed by atoms with Crippen LogP contribution in [0.3, 0.4) is 0 Å². The van der Waals surface area contributed by atoms with Gasteiger partial charge in [-0.2, -0.15) is 0 Å². The number of rotatable bonds is 5. The lowest BCUT2D eigenvalue weighted by Crippen LogP contribution is -2.36. The fraction of sp³-hybridized carbons (Fsp3) is 0.385. The van der Waals surface area contributed by atoms with Crippen molar-refractivity contribution in [2.24, 2.45) is 0 Å². The van der Waals surface area contributed by atoms with Crippen molar-refractivity contribution in [1.82, 2.24) is 4.90 Å². The van der Waals surface area contributed by atoms with E-state index in [0.29, 0.717) is 15.8 Å². The number of carbonyl (C=O) groups excluding carboxylic acids is 2. The highest BCUT2D eigenvalue weighted by Crippen LogP contribution is 2.25. The average Bonchev–Trinajstić information content (AvgIpc) is 2.35. The number of aldehydes is 1. The monoisotopic (exact) mass is 313 g/mol. The summed E-state index contributed by atoms with van der Waals surface area (Å²) in [5.41, 5.74) is 0.555. The van der Waals surface area contributed by atoms with Crippen LogP contribution in [0.2, 0.25) is 0 Å². The molecule has 0 aromatic heterocycles. The van der Waals surface area contributed by atoms with Gasteiger partial charge in [0.25, 0.3) is 5.91 Å². The van der Waals surface area contributed by atoms with Crippen molar-refractivity contribution in [3.05, 3.63) is 28.2 Å². The molecule has 0 N–H and O–H groups in total. The summed E-state index contributed by atoms with van der Waals surface area (Å²) < 4.78 is 6.07. The van der Waals surface area contributed by atoms with Crippen molar-refractivity contribution in [1.29, 1.82) is 0 Å². The molecule has 0 heterocycles. The maximum absolute atomic E-state index is 11.7. The highest BCUT2D eigenvalue weighted by atomic mass is 79.9. The number of hydrogen-bond acceptors (Lipinski definition) is 3. The van der Waals surface area contributed by atoms with Gasteiger partial charge in [0, 0.05) is 18.7 Å². The minimum Gasteiger partial charge on any atom is -0.483 e. The first-order valence-corrected chi connectivity index (χ1v) is 6.38. The summed E-state index contributed by atoms with van der Waals surface area (Å²) in [6.45, 7) is 3.85. The Labute approximate surface area is 115 Å². The summed E-state index contributed by atoms with van der Waals surface area (Å²) in [5, 5.41) is 0. The summed E-state index contributed by atoms with van der Waals surface area (Å²) in [6.07, 6.45) is 0.756. The number of likely N-dealkylation sites (N-methyl/N-ethyl adjacent to an activating group) is 1. The summed E-state index contributed by atoms with van der Waals surface area (Å²) in [5.74, 6) is 0.461. The number of nitrogens with zero attached hydrogens (tertiary/aromatic N) is 1. The molecule has 0 aliphatic rings. The molecule has 1 rings (SSSR count). The second-order valence-corrected chi connectivity index (χ2v) is 5.05. The van der Waals surface area contributed by atoms with Crippen LogP contribution >= 0.6 is 15.9 Å². The number of ether oxygens (including phenoxy) is 1. The standard InChI is InChI=1S/C13H16BrNO3/c1-9(2)15(3)13(17)8-18-12-5-4-10(7-16)6-11(12)14/h4-7,9H,8H2,1-3H3. The van der Waals surface area contributed by atoms with Crippen molar-refractivity contribution in [2.75, 3.05) is 13.7 Å². The molecule has 1 aromatic rings. The van der Waals surface area contributed by atoms with E-state index in [0.717, 1.165) is 6.29 Å². The Hall–Kier alpha value is -1.36. The van der Waals surface area contributed by atoms with Crippen LogP contribution in [0.5, 0.6) is 5.75 Å². The Kier molecular flexibility index (Phi) is 5.34. The van der Waals surface area contributed by atoms with Crippen molar-refractivity contribution < 1.29 is 14.3 Å². The van der Waals surface area contributed by atoms with Crippen LogP contribution in [0.1, 0.15) is 24.2 Å². The van der Waals surface area contributed by atoms with Gasteiger partial charge in [-0.1, -0.05) is 0 Å². The first-order chi connectivity index (χ1) is 8.45. The second kappa shape index (κ2) is 6.54. The summed E-state index contributed by atoms with van der Waals surface area (Å²) >= 11 is 3.30. The molecule has 18 heavy (non-hydrogen) atoms. The molecule has 0 saturated heterocycles. The van der Waals surface area contributed by atoms with E-state index < -0.39 is 0 Å². The predicted octanol–water partition coefficient (Wildman–Crippen LogP) is 2.51. The third-order valence-corrected chi connectivity index (χ3v) is 3.23. The van der Waals surface area contributed by atoms with Crippen LogP contribution < -0.4 is 4.74 Å². The normalized spacial score (nSPS) is 10.3. The highest BCUT2D eigenvalue weighted by molar-refractivity contribution is 9.10. The van der Waals surface area contributed by atoms with Crippen LogP contribution in [0.25, 0.3) is 0 Å². The van der Waals surface area contributed by atoms with Gasteiger partial charge >= 0.3 is 0 Å². The Bertz CT molecular complexity index is 446. The molecule has 0 aliphatic heterocycles. The van der Waals surface area contributed by atoms with Crippen molar-refractivity contribution in [3.63, 3.8) is 0 Å².